The van der Waals surface area contributed by atoms with Crippen LogP contribution in [-0.4, -0.2) is 15.0 Å². The number of nitrogens with zero attached hydrogens (tertiary/aromatic N) is 3. The minimum atomic E-state index is 0.620. The van der Waals surface area contributed by atoms with Crippen molar-refractivity contribution in [3.63, 3.8) is 0 Å². The van der Waals surface area contributed by atoms with Crippen molar-refractivity contribution in [2.45, 2.75) is 0 Å². The molecule has 0 spiro atoms. The number of rotatable bonds is 6. The summed E-state index contributed by atoms with van der Waals surface area (Å²) >= 11 is 0. The Labute approximate surface area is 329 Å². The van der Waals surface area contributed by atoms with Gasteiger partial charge >= 0.3 is 0 Å². The zero-order valence-corrected chi connectivity index (χ0v) is 30.8. The highest BCUT2D eigenvalue weighted by atomic mass is 16.3. The smallest absolute Gasteiger partial charge is 0.164 e. The standard InChI is InChI=1S/C53H33N3O/c1-3-12-34(13-4-1)36-22-27-38(28-23-36)48-44-19-10-9-18-42(44)33-47-46-21-11-20-45(49(46)57-50(47)48)37-25-29-40(30-26-37)52-54-51(39-15-5-2-6-16-39)55-53(56-52)43-31-24-35-14-7-8-17-41(35)32-43/h1-33H. The van der Waals surface area contributed by atoms with Crippen LogP contribution in [0.25, 0.3) is 111 Å². The Morgan fingerprint density at radius 2 is 0.789 bits per heavy atom. The van der Waals surface area contributed by atoms with Crippen LogP contribution in [0, 0.1) is 0 Å². The number of fused-ring (bicyclic) bond motifs is 5. The molecule has 0 N–H and O–H groups in total. The summed E-state index contributed by atoms with van der Waals surface area (Å²) < 4.78 is 6.99. The second kappa shape index (κ2) is 13.6. The quantitative estimate of drug-likeness (QED) is 0.171. The second-order valence-corrected chi connectivity index (χ2v) is 14.4. The van der Waals surface area contributed by atoms with Crippen molar-refractivity contribution in [3.05, 3.63) is 200 Å². The van der Waals surface area contributed by atoms with E-state index in [1.807, 2.05) is 30.3 Å². The number of furan rings is 1. The van der Waals surface area contributed by atoms with Crippen LogP contribution in [0.2, 0.25) is 0 Å². The van der Waals surface area contributed by atoms with Gasteiger partial charge < -0.3 is 4.42 Å². The van der Waals surface area contributed by atoms with Gasteiger partial charge in [0.05, 0.1) is 0 Å². The van der Waals surface area contributed by atoms with Crippen molar-refractivity contribution in [3.8, 4) is 67.5 Å². The zero-order chi connectivity index (χ0) is 37.7. The molecule has 0 aliphatic carbocycles. The van der Waals surface area contributed by atoms with Gasteiger partial charge in [0.2, 0.25) is 0 Å². The molecule has 0 unspecified atom stereocenters. The summed E-state index contributed by atoms with van der Waals surface area (Å²) in [5, 5.41) is 6.85. The van der Waals surface area contributed by atoms with Crippen molar-refractivity contribution in [2.24, 2.45) is 0 Å². The van der Waals surface area contributed by atoms with Gasteiger partial charge in [-0.05, 0) is 55.9 Å². The number of hydrogen-bond acceptors (Lipinski definition) is 4. The minimum Gasteiger partial charge on any atom is -0.455 e. The average molecular weight is 728 g/mol. The van der Waals surface area contributed by atoms with Crippen LogP contribution in [0.3, 0.4) is 0 Å². The molecule has 0 aliphatic rings. The van der Waals surface area contributed by atoms with Crippen molar-refractivity contribution >= 4 is 43.5 Å². The predicted molar refractivity (Wildman–Crippen MR) is 235 cm³/mol. The number of benzene rings is 9. The summed E-state index contributed by atoms with van der Waals surface area (Å²) in [4.78, 5) is 15.0. The molecule has 0 atom stereocenters. The van der Waals surface area contributed by atoms with Gasteiger partial charge in [0.25, 0.3) is 0 Å². The molecule has 4 nitrogen and oxygen atoms in total. The first-order valence-electron chi connectivity index (χ1n) is 19.2. The SMILES string of the molecule is c1ccc(-c2ccc(-c3c4ccccc4cc4c3oc3c(-c5ccc(-c6nc(-c7ccccc7)nc(-c7ccc8ccccc8c7)n6)cc5)cccc34)cc2)cc1. The molecule has 2 heterocycles. The molecule has 0 saturated carbocycles. The first-order valence-corrected chi connectivity index (χ1v) is 19.2. The van der Waals surface area contributed by atoms with Crippen LogP contribution >= 0.6 is 0 Å². The third-order valence-electron chi connectivity index (χ3n) is 10.9. The molecule has 0 bridgehead atoms. The molecule has 0 amide bonds. The molecular weight excluding hydrogens is 695 g/mol. The maximum Gasteiger partial charge on any atom is 0.164 e. The Morgan fingerprint density at radius 3 is 1.53 bits per heavy atom. The van der Waals surface area contributed by atoms with Gasteiger partial charge in [-0.25, -0.2) is 15.0 Å². The van der Waals surface area contributed by atoms with Crippen LogP contribution in [0.5, 0.6) is 0 Å². The Bertz CT molecular complexity index is 3260. The van der Waals surface area contributed by atoms with E-state index in [9.17, 15) is 0 Å². The van der Waals surface area contributed by atoms with Crippen molar-refractivity contribution in [2.75, 3.05) is 0 Å². The van der Waals surface area contributed by atoms with Crippen LogP contribution < -0.4 is 0 Å². The number of aromatic nitrogens is 3. The first-order chi connectivity index (χ1) is 28.2. The minimum absolute atomic E-state index is 0.620. The summed E-state index contributed by atoms with van der Waals surface area (Å²) in [7, 11) is 0. The highest BCUT2D eigenvalue weighted by Crippen LogP contribution is 2.44. The third kappa shape index (κ3) is 5.83. The fraction of sp³-hybridized carbons (Fsp3) is 0. The maximum absolute atomic E-state index is 6.99. The van der Waals surface area contributed by atoms with E-state index in [1.54, 1.807) is 0 Å². The average Bonchev–Trinajstić information content (AvgIpc) is 3.67. The zero-order valence-electron chi connectivity index (χ0n) is 30.8. The first kappa shape index (κ1) is 32.7. The molecule has 57 heavy (non-hydrogen) atoms. The Balaban J connectivity index is 1.02. The van der Waals surface area contributed by atoms with Crippen molar-refractivity contribution in [1.82, 2.24) is 15.0 Å². The van der Waals surface area contributed by atoms with Gasteiger partial charge in [0, 0.05) is 38.6 Å². The molecule has 266 valence electrons. The molecule has 11 rings (SSSR count). The molecule has 0 radical (unpaired) electrons. The summed E-state index contributed by atoms with van der Waals surface area (Å²) in [6.07, 6.45) is 0. The van der Waals surface area contributed by atoms with E-state index in [2.05, 4.69) is 170 Å². The molecule has 4 heteroatoms. The van der Waals surface area contributed by atoms with Gasteiger partial charge in [0.15, 0.2) is 17.5 Å². The van der Waals surface area contributed by atoms with Gasteiger partial charge in [0.1, 0.15) is 11.2 Å². The van der Waals surface area contributed by atoms with E-state index in [0.29, 0.717) is 17.5 Å². The molecule has 0 fully saturated rings. The van der Waals surface area contributed by atoms with Crippen LogP contribution in [0.4, 0.5) is 0 Å². The maximum atomic E-state index is 6.99. The van der Waals surface area contributed by atoms with Crippen LogP contribution in [0.1, 0.15) is 0 Å². The highest BCUT2D eigenvalue weighted by Gasteiger charge is 2.19. The Kier molecular flexibility index (Phi) is 7.78. The van der Waals surface area contributed by atoms with E-state index >= 15 is 0 Å². The fourth-order valence-corrected chi connectivity index (χ4v) is 8.05. The third-order valence-corrected chi connectivity index (χ3v) is 10.9. The monoisotopic (exact) mass is 727 g/mol. The second-order valence-electron chi connectivity index (χ2n) is 14.4. The molecule has 0 saturated heterocycles. The van der Waals surface area contributed by atoms with E-state index < -0.39 is 0 Å². The summed E-state index contributed by atoms with van der Waals surface area (Å²) in [6, 6.07) is 69.9. The van der Waals surface area contributed by atoms with Gasteiger partial charge in [-0.2, -0.15) is 0 Å². The predicted octanol–water partition coefficient (Wildman–Crippen LogP) is 14.1. The lowest BCUT2D eigenvalue weighted by Gasteiger charge is -2.10. The normalized spacial score (nSPS) is 11.5. The lowest BCUT2D eigenvalue weighted by Crippen LogP contribution is -2.00. The Morgan fingerprint density at radius 1 is 0.281 bits per heavy atom. The van der Waals surface area contributed by atoms with Crippen LogP contribution in [-0.2, 0) is 0 Å². The summed E-state index contributed by atoms with van der Waals surface area (Å²) in [6.45, 7) is 0. The number of hydrogen-bond donors (Lipinski definition) is 0. The Hall–Kier alpha value is -7.69. The molecule has 0 aliphatic heterocycles. The van der Waals surface area contributed by atoms with Gasteiger partial charge in [-0.15, -0.1) is 0 Å². The van der Waals surface area contributed by atoms with Crippen molar-refractivity contribution in [1.29, 1.82) is 0 Å². The van der Waals surface area contributed by atoms with Gasteiger partial charge in [-0.1, -0.05) is 188 Å². The van der Waals surface area contributed by atoms with E-state index in [4.69, 9.17) is 19.4 Å². The topological polar surface area (TPSA) is 51.8 Å². The highest BCUT2D eigenvalue weighted by molar-refractivity contribution is 6.20. The molecule has 2 aromatic heterocycles. The lowest BCUT2D eigenvalue weighted by atomic mass is 9.93. The lowest BCUT2D eigenvalue weighted by molar-refractivity contribution is 0.671. The van der Waals surface area contributed by atoms with Crippen molar-refractivity contribution < 1.29 is 4.42 Å². The number of para-hydroxylation sites is 1. The van der Waals surface area contributed by atoms with E-state index in [-0.39, 0.29) is 0 Å². The van der Waals surface area contributed by atoms with E-state index in [1.165, 1.54) is 21.9 Å². The van der Waals surface area contributed by atoms with Crippen LogP contribution in [0.15, 0.2) is 205 Å². The van der Waals surface area contributed by atoms with E-state index in [0.717, 1.165) is 71.7 Å². The molecule has 9 aromatic carbocycles. The fourth-order valence-electron chi connectivity index (χ4n) is 8.05. The largest absolute Gasteiger partial charge is 0.455 e. The summed E-state index contributed by atoms with van der Waals surface area (Å²) in [5.41, 5.74) is 11.2. The molecule has 11 aromatic rings. The molecular formula is C53H33N3O. The summed E-state index contributed by atoms with van der Waals surface area (Å²) in [5.74, 6) is 1.89. The van der Waals surface area contributed by atoms with Gasteiger partial charge in [-0.3, -0.25) is 0 Å².